The molecule has 25 heavy (non-hydrogen) atoms. The van der Waals surface area contributed by atoms with Crippen molar-refractivity contribution in [3.05, 3.63) is 70.0 Å². The molecule has 0 radical (unpaired) electrons. The van der Waals surface area contributed by atoms with E-state index in [2.05, 4.69) is 15.3 Å². The zero-order valence-corrected chi connectivity index (χ0v) is 15.0. The summed E-state index contributed by atoms with van der Waals surface area (Å²) in [6, 6.07) is 11.6. The molecule has 0 spiro atoms. The van der Waals surface area contributed by atoms with Crippen LogP contribution >= 0.6 is 34.5 Å². The largest absolute Gasteiger partial charge is 0.338 e. The number of rotatable bonds is 3. The maximum Gasteiger partial charge on any atom is 0.143 e. The van der Waals surface area contributed by atoms with Crippen LogP contribution in [0.15, 0.2) is 54.2 Å². The Balaban J connectivity index is 1.84. The van der Waals surface area contributed by atoms with Crippen molar-refractivity contribution in [1.29, 1.82) is 0 Å². The van der Waals surface area contributed by atoms with Gasteiger partial charge in [-0.1, -0.05) is 35.3 Å². The molecule has 3 nitrogen and oxygen atoms in total. The molecule has 0 bridgehead atoms. The minimum absolute atomic E-state index is 0.272. The molecule has 0 fully saturated rings. The molecular formula is C18H10Cl2FN3S. The third kappa shape index (κ3) is 3.18. The molecule has 2 heterocycles. The first-order valence-electron chi connectivity index (χ1n) is 7.32. The molecule has 7 heteroatoms. The average Bonchev–Trinajstić information content (AvgIpc) is 3.03. The van der Waals surface area contributed by atoms with Gasteiger partial charge in [0.1, 0.15) is 22.8 Å². The van der Waals surface area contributed by atoms with E-state index in [0.29, 0.717) is 21.6 Å². The lowest BCUT2D eigenvalue weighted by atomic mass is 10.1. The molecule has 2 aromatic carbocycles. The molecule has 0 unspecified atom stereocenters. The van der Waals surface area contributed by atoms with Gasteiger partial charge in [0, 0.05) is 16.0 Å². The van der Waals surface area contributed by atoms with E-state index >= 15 is 0 Å². The quantitative estimate of drug-likeness (QED) is 0.431. The Kier molecular flexibility index (Phi) is 4.29. The van der Waals surface area contributed by atoms with Crippen molar-refractivity contribution in [1.82, 2.24) is 9.97 Å². The molecule has 0 atom stereocenters. The van der Waals surface area contributed by atoms with Crippen LogP contribution < -0.4 is 5.32 Å². The van der Waals surface area contributed by atoms with Crippen LogP contribution in [-0.4, -0.2) is 9.97 Å². The van der Waals surface area contributed by atoms with Crippen molar-refractivity contribution >= 4 is 56.3 Å². The fourth-order valence-electron chi connectivity index (χ4n) is 2.53. The molecule has 124 valence electrons. The van der Waals surface area contributed by atoms with Crippen molar-refractivity contribution in [3.63, 3.8) is 0 Å². The van der Waals surface area contributed by atoms with Crippen LogP contribution in [-0.2, 0) is 0 Å². The summed E-state index contributed by atoms with van der Waals surface area (Å²) in [5, 5.41) is 7.15. The maximum atomic E-state index is 13.2. The topological polar surface area (TPSA) is 37.8 Å². The van der Waals surface area contributed by atoms with E-state index in [9.17, 15) is 4.39 Å². The fourth-order valence-corrected chi connectivity index (χ4v) is 3.90. The van der Waals surface area contributed by atoms with E-state index in [1.165, 1.54) is 29.8 Å². The first kappa shape index (κ1) is 16.3. The number of aromatic nitrogens is 2. The number of halogens is 3. The van der Waals surface area contributed by atoms with Crippen LogP contribution in [0.5, 0.6) is 0 Å². The second-order valence-corrected chi connectivity index (χ2v) is 7.01. The first-order chi connectivity index (χ1) is 12.1. The van der Waals surface area contributed by atoms with E-state index in [0.717, 1.165) is 21.3 Å². The standard InChI is InChI=1S/C18H10Cl2FN3S/c19-11-3-6-15(14(20)7-11)24-17-16-13(8-25-18(16)23-9-22-17)10-1-4-12(21)5-2-10/h1-9H,(H,22,23,24). The van der Waals surface area contributed by atoms with Crippen LogP contribution in [0, 0.1) is 5.82 Å². The number of fused-ring (bicyclic) bond motifs is 1. The van der Waals surface area contributed by atoms with Gasteiger partial charge >= 0.3 is 0 Å². The Morgan fingerprint density at radius 3 is 2.56 bits per heavy atom. The number of anilines is 2. The summed E-state index contributed by atoms with van der Waals surface area (Å²) in [5.41, 5.74) is 2.53. The van der Waals surface area contributed by atoms with Crippen LogP contribution in [0.3, 0.4) is 0 Å². The van der Waals surface area contributed by atoms with Gasteiger partial charge in [-0.3, -0.25) is 0 Å². The van der Waals surface area contributed by atoms with E-state index in [1.54, 1.807) is 30.3 Å². The third-order valence-corrected chi connectivity index (χ3v) is 5.14. The van der Waals surface area contributed by atoms with Crippen molar-refractivity contribution < 1.29 is 4.39 Å². The van der Waals surface area contributed by atoms with Gasteiger partial charge in [-0.15, -0.1) is 11.3 Å². The average molecular weight is 390 g/mol. The second-order valence-electron chi connectivity index (χ2n) is 5.31. The van der Waals surface area contributed by atoms with Crippen molar-refractivity contribution in [2.24, 2.45) is 0 Å². The summed E-state index contributed by atoms with van der Waals surface area (Å²) >= 11 is 13.7. The van der Waals surface area contributed by atoms with Gasteiger partial charge < -0.3 is 5.32 Å². The van der Waals surface area contributed by atoms with Gasteiger partial charge in [0.25, 0.3) is 0 Å². The maximum absolute atomic E-state index is 13.2. The first-order valence-corrected chi connectivity index (χ1v) is 8.95. The number of thiophene rings is 1. The Morgan fingerprint density at radius 2 is 1.80 bits per heavy atom. The summed E-state index contributed by atoms with van der Waals surface area (Å²) in [6.07, 6.45) is 1.50. The smallest absolute Gasteiger partial charge is 0.143 e. The summed E-state index contributed by atoms with van der Waals surface area (Å²) in [4.78, 5) is 9.52. The summed E-state index contributed by atoms with van der Waals surface area (Å²) in [6.45, 7) is 0. The number of hydrogen-bond donors (Lipinski definition) is 1. The van der Waals surface area contributed by atoms with Crippen LogP contribution in [0.2, 0.25) is 10.0 Å². The predicted molar refractivity (Wildman–Crippen MR) is 103 cm³/mol. The molecule has 0 aliphatic carbocycles. The van der Waals surface area contributed by atoms with E-state index in [1.807, 2.05) is 5.38 Å². The second kappa shape index (κ2) is 6.59. The number of nitrogens with zero attached hydrogens (tertiary/aromatic N) is 2. The lowest BCUT2D eigenvalue weighted by Crippen LogP contribution is -1.96. The highest BCUT2D eigenvalue weighted by Crippen LogP contribution is 2.38. The van der Waals surface area contributed by atoms with Gasteiger partial charge in [-0.05, 0) is 35.9 Å². The Labute approximate surface area is 157 Å². The van der Waals surface area contributed by atoms with E-state index in [4.69, 9.17) is 23.2 Å². The highest BCUT2D eigenvalue weighted by molar-refractivity contribution is 7.17. The number of benzene rings is 2. The summed E-state index contributed by atoms with van der Waals surface area (Å²) in [7, 11) is 0. The van der Waals surface area contributed by atoms with Gasteiger partial charge in [-0.25, -0.2) is 14.4 Å². The van der Waals surface area contributed by atoms with E-state index in [-0.39, 0.29) is 5.82 Å². The van der Waals surface area contributed by atoms with Crippen molar-refractivity contribution in [3.8, 4) is 11.1 Å². The Morgan fingerprint density at radius 1 is 1.00 bits per heavy atom. The van der Waals surface area contributed by atoms with Gasteiger partial charge in [0.2, 0.25) is 0 Å². The zero-order chi connectivity index (χ0) is 17.4. The summed E-state index contributed by atoms with van der Waals surface area (Å²) < 4.78 is 13.2. The highest BCUT2D eigenvalue weighted by Gasteiger charge is 2.14. The lowest BCUT2D eigenvalue weighted by Gasteiger charge is -2.10. The fraction of sp³-hybridized carbons (Fsp3) is 0. The monoisotopic (exact) mass is 389 g/mol. The normalized spacial score (nSPS) is 11.0. The van der Waals surface area contributed by atoms with Crippen LogP contribution in [0.4, 0.5) is 15.9 Å². The molecule has 0 saturated carbocycles. The zero-order valence-electron chi connectivity index (χ0n) is 12.6. The number of hydrogen-bond acceptors (Lipinski definition) is 4. The molecule has 0 aliphatic rings. The van der Waals surface area contributed by atoms with E-state index < -0.39 is 0 Å². The molecule has 1 N–H and O–H groups in total. The van der Waals surface area contributed by atoms with Crippen molar-refractivity contribution in [2.75, 3.05) is 5.32 Å². The molecule has 4 rings (SSSR count). The molecule has 2 aromatic heterocycles. The molecular weight excluding hydrogens is 380 g/mol. The lowest BCUT2D eigenvalue weighted by molar-refractivity contribution is 0.628. The number of nitrogens with one attached hydrogen (secondary N) is 1. The minimum Gasteiger partial charge on any atom is -0.338 e. The SMILES string of the molecule is Fc1ccc(-c2csc3ncnc(Nc4ccc(Cl)cc4Cl)c23)cc1. The molecule has 4 aromatic rings. The van der Waals surface area contributed by atoms with Gasteiger partial charge in [-0.2, -0.15) is 0 Å². The molecule has 0 saturated heterocycles. The highest BCUT2D eigenvalue weighted by atomic mass is 35.5. The minimum atomic E-state index is -0.272. The van der Waals surface area contributed by atoms with Gasteiger partial charge in [0.05, 0.1) is 16.1 Å². The molecule has 0 aliphatic heterocycles. The molecule has 0 amide bonds. The summed E-state index contributed by atoms with van der Waals surface area (Å²) in [5.74, 6) is 0.362. The van der Waals surface area contributed by atoms with Crippen molar-refractivity contribution in [2.45, 2.75) is 0 Å². The van der Waals surface area contributed by atoms with Gasteiger partial charge in [0.15, 0.2) is 0 Å². The third-order valence-electron chi connectivity index (χ3n) is 3.71. The predicted octanol–water partition coefficient (Wildman–Crippen LogP) is 6.55. The Hall–Kier alpha value is -2.21. The van der Waals surface area contributed by atoms with Crippen LogP contribution in [0.1, 0.15) is 0 Å². The Bertz CT molecular complexity index is 1060. The van der Waals surface area contributed by atoms with Crippen LogP contribution in [0.25, 0.3) is 21.3 Å².